The molecule has 0 bridgehead atoms. The number of ether oxygens (including phenoxy) is 2. The molecule has 0 aromatic heterocycles. The highest BCUT2D eigenvalue weighted by molar-refractivity contribution is 6.30. The molecule has 0 saturated carbocycles. The molecule has 2 aromatic carbocycles. The fourth-order valence-electron chi connectivity index (χ4n) is 2.60. The Morgan fingerprint density at radius 1 is 1.24 bits per heavy atom. The molecule has 1 atom stereocenters. The van der Waals surface area contributed by atoms with Crippen LogP contribution in [0.1, 0.15) is 17.0 Å². The summed E-state index contributed by atoms with van der Waals surface area (Å²) in [6.07, 6.45) is 0.758. The SMILES string of the molecule is NCCc1cc(Cl)ccc1OCC1COc2ccccc21. The molecule has 1 aliphatic heterocycles. The summed E-state index contributed by atoms with van der Waals surface area (Å²) in [5, 5.41) is 0.709. The predicted octanol–water partition coefficient (Wildman–Crippen LogP) is 3.40. The van der Waals surface area contributed by atoms with Crippen molar-refractivity contribution in [2.24, 2.45) is 5.73 Å². The molecule has 21 heavy (non-hydrogen) atoms. The Kier molecular flexibility index (Phi) is 4.32. The van der Waals surface area contributed by atoms with E-state index >= 15 is 0 Å². The molecule has 4 heteroatoms. The third-order valence-corrected chi connectivity index (χ3v) is 3.91. The lowest BCUT2D eigenvalue weighted by Crippen LogP contribution is -2.13. The van der Waals surface area contributed by atoms with Gasteiger partial charge in [-0.05, 0) is 42.8 Å². The van der Waals surface area contributed by atoms with Crippen molar-refractivity contribution in [1.29, 1.82) is 0 Å². The third kappa shape index (κ3) is 3.14. The molecule has 1 aliphatic rings. The predicted molar refractivity (Wildman–Crippen MR) is 84.4 cm³/mol. The lowest BCUT2D eigenvalue weighted by Gasteiger charge is -2.14. The van der Waals surface area contributed by atoms with Crippen molar-refractivity contribution in [3.05, 3.63) is 58.6 Å². The number of hydrogen-bond acceptors (Lipinski definition) is 3. The van der Waals surface area contributed by atoms with E-state index in [-0.39, 0.29) is 5.92 Å². The molecule has 0 amide bonds. The van der Waals surface area contributed by atoms with Gasteiger partial charge in [0.25, 0.3) is 0 Å². The summed E-state index contributed by atoms with van der Waals surface area (Å²) in [6, 6.07) is 13.8. The third-order valence-electron chi connectivity index (χ3n) is 3.68. The van der Waals surface area contributed by atoms with Gasteiger partial charge >= 0.3 is 0 Å². The van der Waals surface area contributed by atoms with E-state index in [1.165, 1.54) is 5.56 Å². The molecule has 0 saturated heterocycles. The Morgan fingerprint density at radius 2 is 2.10 bits per heavy atom. The maximum atomic E-state index is 6.03. The monoisotopic (exact) mass is 303 g/mol. The van der Waals surface area contributed by atoms with Gasteiger partial charge in [0.15, 0.2) is 0 Å². The topological polar surface area (TPSA) is 44.5 Å². The number of nitrogens with two attached hydrogens (primary N) is 1. The Morgan fingerprint density at radius 3 is 2.95 bits per heavy atom. The second kappa shape index (κ2) is 6.37. The first kappa shape index (κ1) is 14.2. The van der Waals surface area contributed by atoms with Crippen LogP contribution in [0.5, 0.6) is 11.5 Å². The molecular formula is C17H18ClNO2. The normalized spacial score (nSPS) is 16.4. The van der Waals surface area contributed by atoms with Crippen LogP contribution in [0.3, 0.4) is 0 Å². The standard InChI is InChI=1S/C17H18ClNO2/c18-14-5-6-16(12(9-14)7-8-19)20-10-13-11-21-17-4-2-1-3-15(13)17/h1-6,9,13H,7-8,10-11,19H2. The van der Waals surface area contributed by atoms with Crippen LogP contribution >= 0.6 is 11.6 Å². The molecule has 1 unspecified atom stereocenters. The van der Waals surface area contributed by atoms with Crippen LogP contribution in [0.4, 0.5) is 0 Å². The summed E-state index contributed by atoms with van der Waals surface area (Å²) < 4.78 is 11.7. The Hall–Kier alpha value is -1.71. The second-order valence-electron chi connectivity index (χ2n) is 5.15. The molecule has 0 aliphatic carbocycles. The lowest BCUT2D eigenvalue weighted by atomic mass is 10.0. The average Bonchev–Trinajstić information content (AvgIpc) is 2.90. The minimum atomic E-state index is 0.266. The van der Waals surface area contributed by atoms with Crippen LogP contribution in [0.25, 0.3) is 0 Å². The van der Waals surface area contributed by atoms with Crippen molar-refractivity contribution in [3.8, 4) is 11.5 Å². The summed E-state index contributed by atoms with van der Waals surface area (Å²) in [7, 11) is 0. The van der Waals surface area contributed by atoms with Gasteiger partial charge in [0.1, 0.15) is 11.5 Å². The fourth-order valence-corrected chi connectivity index (χ4v) is 2.79. The van der Waals surface area contributed by atoms with Gasteiger partial charge in [-0.2, -0.15) is 0 Å². The van der Waals surface area contributed by atoms with Gasteiger partial charge in [-0.3, -0.25) is 0 Å². The molecule has 2 aromatic rings. The summed E-state index contributed by atoms with van der Waals surface area (Å²) in [4.78, 5) is 0. The van der Waals surface area contributed by atoms with Crippen LogP contribution in [-0.4, -0.2) is 19.8 Å². The zero-order chi connectivity index (χ0) is 14.7. The molecular weight excluding hydrogens is 286 g/mol. The number of benzene rings is 2. The Balaban J connectivity index is 1.71. The number of halogens is 1. The van der Waals surface area contributed by atoms with Crippen molar-refractivity contribution >= 4 is 11.6 Å². The van der Waals surface area contributed by atoms with E-state index in [0.717, 1.165) is 23.5 Å². The number of hydrogen-bond donors (Lipinski definition) is 1. The molecule has 0 radical (unpaired) electrons. The van der Waals surface area contributed by atoms with Crippen LogP contribution in [0, 0.1) is 0 Å². The van der Waals surface area contributed by atoms with E-state index in [9.17, 15) is 0 Å². The summed E-state index contributed by atoms with van der Waals surface area (Å²) in [5.41, 5.74) is 7.91. The lowest BCUT2D eigenvalue weighted by molar-refractivity contribution is 0.247. The van der Waals surface area contributed by atoms with E-state index in [0.29, 0.717) is 24.8 Å². The second-order valence-corrected chi connectivity index (χ2v) is 5.58. The van der Waals surface area contributed by atoms with Crippen molar-refractivity contribution < 1.29 is 9.47 Å². The maximum absolute atomic E-state index is 6.03. The minimum absolute atomic E-state index is 0.266. The highest BCUT2D eigenvalue weighted by Gasteiger charge is 2.24. The van der Waals surface area contributed by atoms with Crippen molar-refractivity contribution in [1.82, 2.24) is 0 Å². The summed E-state index contributed by atoms with van der Waals surface area (Å²) >= 11 is 6.03. The van der Waals surface area contributed by atoms with E-state index in [1.54, 1.807) is 0 Å². The molecule has 0 spiro atoms. The van der Waals surface area contributed by atoms with Gasteiger partial charge in [0, 0.05) is 10.6 Å². The quantitative estimate of drug-likeness (QED) is 0.921. The maximum Gasteiger partial charge on any atom is 0.123 e. The first-order valence-corrected chi connectivity index (χ1v) is 7.48. The van der Waals surface area contributed by atoms with Gasteiger partial charge in [0.05, 0.1) is 19.1 Å². The van der Waals surface area contributed by atoms with Gasteiger partial charge < -0.3 is 15.2 Å². The number of fused-ring (bicyclic) bond motifs is 1. The van der Waals surface area contributed by atoms with Crippen molar-refractivity contribution in [2.75, 3.05) is 19.8 Å². The molecule has 3 nitrogen and oxygen atoms in total. The van der Waals surface area contributed by atoms with Crippen LogP contribution in [0.15, 0.2) is 42.5 Å². The summed E-state index contributed by atoms with van der Waals surface area (Å²) in [6.45, 7) is 1.83. The Bertz CT molecular complexity index is 630. The zero-order valence-electron chi connectivity index (χ0n) is 11.7. The molecule has 0 fully saturated rings. The van der Waals surface area contributed by atoms with Gasteiger partial charge in [-0.25, -0.2) is 0 Å². The number of rotatable bonds is 5. The molecule has 2 N–H and O–H groups in total. The zero-order valence-corrected chi connectivity index (χ0v) is 12.5. The van der Waals surface area contributed by atoms with Crippen LogP contribution in [0.2, 0.25) is 5.02 Å². The average molecular weight is 304 g/mol. The van der Waals surface area contributed by atoms with Crippen LogP contribution in [-0.2, 0) is 6.42 Å². The first-order valence-electron chi connectivity index (χ1n) is 7.11. The van der Waals surface area contributed by atoms with Gasteiger partial charge in [0.2, 0.25) is 0 Å². The number of para-hydroxylation sites is 1. The van der Waals surface area contributed by atoms with Crippen molar-refractivity contribution in [3.63, 3.8) is 0 Å². The van der Waals surface area contributed by atoms with E-state index in [4.69, 9.17) is 26.8 Å². The van der Waals surface area contributed by atoms with Crippen molar-refractivity contribution in [2.45, 2.75) is 12.3 Å². The molecule has 1 heterocycles. The van der Waals surface area contributed by atoms with E-state index in [2.05, 4.69) is 6.07 Å². The van der Waals surface area contributed by atoms with E-state index in [1.807, 2.05) is 36.4 Å². The molecule has 110 valence electrons. The largest absolute Gasteiger partial charge is 0.493 e. The van der Waals surface area contributed by atoms with Gasteiger partial charge in [-0.1, -0.05) is 29.8 Å². The van der Waals surface area contributed by atoms with E-state index < -0.39 is 0 Å². The Labute approximate surface area is 129 Å². The molecule has 3 rings (SSSR count). The highest BCUT2D eigenvalue weighted by atomic mass is 35.5. The smallest absolute Gasteiger partial charge is 0.123 e. The first-order chi connectivity index (χ1) is 10.3. The summed E-state index contributed by atoms with van der Waals surface area (Å²) in [5.74, 6) is 2.08. The highest BCUT2D eigenvalue weighted by Crippen LogP contribution is 2.34. The fraction of sp³-hybridized carbons (Fsp3) is 0.294. The van der Waals surface area contributed by atoms with Crippen LogP contribution < -0.4 is 15.2 Å². The minimum Gasteiger partial charge on any atom is -0.493 e. The van der Waals surface area contributed by atoms with Gasteiger partial charge in [-0.15, -0.1) is 0 Å².